The molecule has 6 heteroatoms. The second kappa shape index (κ2) is 6.78. The van der Waals surface area contributed by atoms with Crippen LogP contribution in [0.15, 0.2) is 42.5 Å². The third kappa shape index (κ3) is 3.03. The molecule has 0 radical (unpaired) electrons. The zero-order chi connectivity index (χ0) is 18.1. The molecular formula is C20H20FN3O2. The Morgan fingerprint density at radius 3 is 2.96 bits per heavy atom. The summed E-state index contributed by atoms with van der Waals surface area (Å²) in [4.78, 5) is 26.7. The molecule has 0 bridgehead atoms. The van der Waals surface area contributed by atoms with E-state index < -0.39 is 0 Å². The maximum absolute atomic E-state index is 13.6. The number of hydrogen-bond donors (Lipinski definition) is 2. The smallest absolute Gasteiger partial charge is 0.251 e. The number of carbonyl (C=O) groups is 2. The molecule has 2 aliphatic rings. The highest BCUT2D eigenvalue weighted by molar-refractivity contribution is 6.06. The molecule has 0 aromatic heterocycles. The van der Waals surface area contributed by atoms with Gasteiger partial charge in [0.25, 0.3) is 5.91 Å². The molecule has 5 nitrogen and oxygen atoms in total. The van der Waals surface area contributed by atoms with E-state index in [-0.39, 0.29) is 23.7 Å². The first-order valence-corrected chi connectivity index (χ1v) is 8.86. The molecular weight excluding hydrogens is 333 g/mol. The number of anilines is 2. The molecule has 1 saturated heterocycles. The first-order valence-electron chi connectivity index (χ1n) is 8.86. The lowest BCUT2D eigenvalue weighted by Gasteiger charge is -2.33. The minimum atomic E-state index is -0.265. The van der Waals surface area contributed by atoms with Gasteiger partial charge >= 0.3 is 0 Å². The normalized spacial score (nSPS) is 18.1. The van der Waals surface area contributed by atoms with Crippen molar-refractivity contribution >= 4 is 23.2 Å². The fraction of sp³-hybridized carbons (Fsp3) is 0.300. The molecule has 2 aromatic carbocycles. The predicted molar refractivity (Wildman–Crippen MR) is 97.9 cm³/mol. The van der Waals surface area contributed by atoms with E-state index in [0.29, 0.717) is 29.8 Å². The molecule has 0 saturated carbocycles. The maximum Gasteiger partial charge on any atom is 0.251 e. The van der Waals surface area contributed by atoms with Crippen molar-refractivity contribution in [2.24, 2.45) is 0 Å². The van der Waals surface area contributed by atoms with Crippen LogP contribution in [-0.4, -0.2) is 30.9 Å². The second-order valence-corrected chi connectivity index (χ2v) is 6.67. The molecule has 0 unspecified atom stereocenters. The van der Waals surface area contributed by atoms with Crippen molar-refractivity contribution in [3.63, 3.8) is 0 Å². The van der Waals surface area contributed by atoms with E-state index in [4.69, 9.17) is 0 Å². The Bertz CT molecular complexity index is 868. The second-order valence-electron chi connectivity index (χ2n) is 6.67. The van der Waals surface area contributed by atoms with E-state index in [2.05, 4.69) is 15.5 Å². The van der Waals surface area contributed by atoms with Crippen molar-refractivity contribution in [2.45, 2.75) is 25.3 Å². The number of benzene rings is 2. The molecule has 2 N–H and O–H groups in total. The van der Waals surface area contributed by atoms with E-state index in [1.165, 1.54) is 6.07 Å². The lowest BCUT2D eigenvalue weighted by molar-refractivity contribution is -0.117. The van der Waals surface area contributed by atoms with Crippen LogP contribution in [0.1, 0.15) is 28.8 Å². The van der Waals surface area contributed by atoms with Crippen LogP contribution in [0, 0.1) is 5.82 Å². The summed E-state index contributed by atoms with van der Waals surface area (Å²) in [6.07, 6.45) is 2.29. The van der Waals surface area contributed by atoms with Crippen LogP contribution in [0.5, 0.6) is 0 Å². The molecule has 1 atom stereocenters. The number of nitrogens with zero attached hydrogens (tertiary/aromatic N) is 1. The molecule has 2 amide bonds. The van der Waals surface area contributed by atoms with Crippen molar-refractivity contribution in [2.75, 3.05) is 23.3 Å². The largest absolute Gasteiger partial charge is 0.358 e. The van der Waals surface area contributed by atoms with Crippen LogP contribution in [0.2, 0.25) is 0 Å². The maximum atomic E-state index is 13.6. The van der Waals surface area contributed by atoms with E-state index >= 15 is 0 Å². The van der Waals surface area contributed by atoms with E-state index in [1.807, 2.05) is 6.07 Å². The molecule has 26 heavy (non-hydrogen) atoms. The van der Waals surface area contributed by atoms with Crippen molar-refractivity contribution in [3.8, 4) is 0 Å². The SMILES string of the molecule is O=C(NCCc1ccccc1F)c1ccc2c(c1)NC(=O)[C@H]1CCCN21. The van der Waals surface area contributed by atoms with Gasteiger partial charge in [-0.3, -0.25) is 9.59 Å². The average Bonchev–Trinajstić information content (AvgIpc) is 3.13. The lowest BCUT2D eigenvalue weighted by atomic mass is 10.1. The molecule has 2 aromatic rings. The van der Waals surface area contributed by atoms with Gasteiger partial charge in [-0.1, -0.05) is 18.2 Å². The molecule has 2 heterocycles. The quantitative estimate of drug-likeness (QED) is 0.888. The van der Waals surface area contributed by atoms with Crippen molar-refractivity contribution < 1.29 is 14.0 Å². The van der Waals surface area contributed by atoms with Gasteiger partial charge in [0, 0.05) is 18.7 Å². The van der Waals surface area contributed by atoms with Crippen molar-refractivity contribution in [1.82, 2.24) is 5.32 Å². The molecule has 2 aliphatic heterocycles. The van der Waals surface area contributed by atoms with Crippen LogP contribution < -0.4 is 15.5 Å². The Hall–Kier alpha value is -2.89. The Kier molecular flexibility index (Phi) is 4.32. The summed E-state index contributed by atoms with van der Waals surface area (Å²) in [5.74, 6) is -0.507. The molecule has 4 rings (SSSR count). The summed E-state index contributed by atoms with van der Waals surface area (Å²) in [5.41, 5.74) is 2.70. The zero-order valence-corrected chi connectivity index (χ0v) is 14.3. The molecule has 134 valence electrons. The summed E-state index contributed by atoms with van der Waals surface area (Å²) < 4.78 is 13.6. The number of rotatable bonds is 4. The van der Waals surface area contributed by atoms with Crippen LogP contribution >= 0.6 is 0 Å². The monoisotopic (exact) mass is 353 g/mol. The van der Waals surface area contributed by atoms with E-state index in [9.17, 15) is 14.0 Å². The van der Waals surface area contributed by atoms with Gasteiger partial charge in [-0.25, -0.2) is 4.39 Å². The first kappa shape index (κ1) is 16.6. The summed E-state index contributed by atoms with van der Waals surface area (Å²) in [6, 6.07) is 11.8. The van der Waals surface area contributed by atoms with Gasteiger partial charge in [0.2, 0.25) is 5.91 Å². The minimum absolute atomic E-state index is 0.00730. The van der Waals surface area contributed by atoms with Crippen LogP contribution in [-0.2, 0) is 11.2 Å². The molecule has 0 spiro atoms. The van der Waals surface area contributed by atoms with E-state index in [1.54, 1.807) is 30.3 Å². The summed E-state index contributed by atoms with van der Waals surface area (Å²) in [7, 11) is 0. The summed E-state index contributed by atoms with van der Waals surface area (Å²) in [6.45, 7) is 1.21. The topological polar surface area (TPSA) is 61.4 Å². The fourth-order valence-electron chi connectivity index (χ4n) is 3.69. The standard InChI is InChI=1S/C20H20FN3O2/c21-15-5-2-1-4-13(15)9-10-22-19(25)14-7-8-17-16(12-14)23-20(26)18-6-3-11-24(17)18/h1-2,4-5,7-8,12,18H,3,6,9-11H2,(H,22,25)(H,23,26)/t18-/m1/s1. The highest BCUT2D eigenvalue weighted by Crippen LogP contribution is 2.37. The average molecular weight is 353 g/mol. The van der Waals surface area contributed by atoms with Crippen molar-refractivity contribution in [3.05, 3.63) is 59.4 Å². The van der Waals surface area contributed by atoms with Gasteiger partial charge in [0.15, 0.2) is 0 Å². The Balaban J connectivity index is 1.43. The van der Waals surface area contributed by atoms with Gasteiger partial charge in [-0.15, -0.1) is 0 Å². The highest BCUT2D eigenvalue weighted by Gasteiger charge is 2.36. The van der Waals surface area contributed by atoms with Crippen LogP contribution in [0.3, 0.4) is 0 Å². The summed E-state index contributed by atoms with van der Waals surface area (Å²) >= 11 is 0. The minimum Gasteiger partial charge on any atom is -0.358 e. The predicted octanol–water partition coefficient (Wildman–Crippen LogP) is 2.72. The van der Waals surface area contributed by atoms with Crippen LogP contribution in [0.4, 0.5) is 15.8 Å². The van der Waals surface area contributed by atoms with E-state index in [0.717, 1.165) is 25.1 Å². The van der Waals surface area contributed by atoms with Gasteiger partial charge in [-0.2, -0.15) is 0 Å². The first-order chi connectivity index (χ1) is 12.6. The van der Waals surface area contributed by atoms with Crippen LogP contribution in [0.25, 0.3) is 0 Å². The molecule has 1 fully saturated rings. The van der Waals surface area contributed by atoms with Gasteiger partial charge in [0.05, 0.1) is 11.4 Å². The number of hydrogen-bond acceptors (Lipinski definition) is 3. The van der Waals surface area contributed by atoms with Gasteiger partial charge < -0.3 is 15.5 Å². The van der Waals surface area contributed by atoms with Gasteiger partial charge in [-0.05, 0) is 49.1 Å². The van der Waals surface area contributed by atoms with Gasteiger partial charge in [0.1, 0.15) is 11.9 Å². The Morgan fingerprint density at radius 1 is 1.27 bits per heavy atom. The lowest BCUT2D eigenvalue weighted by Crippen LogP contribution is -2.44. The Labute approximate surface area is 151 Å². The fourth-order valence-corrected chi connectivity index (χ4v) is 3.69. The number of halogens is 1. The van der Waals surface area contributed by atoms with Crippen molar-refractivity contribution in [1.29, 1.82) is 0 Å². The third-order valence-corrected chi connectivity index (χ3v) is 5.02. The Morgan fingerprint density at radius 2 is 2.12 bits per heavy atom. The number of nitrogens with one attached hydrogen (secondary N) is 2. The number of carbonyl (C=O) groups excluding carboxylic acids is 2. The third-order valence-electron chi connectivity index (χ3n) is 5.02. The zero-order valence-electron chi connectivity index (χ0n) is 14.3. The molecule has 0 aliphatic carbocycles. The highest BCUT2D eigenvalue weighted by atomic mass is 19.1. The summed E-state index contributed by atoms with van der Waals surface area (Å²) in [5, 5.41) is 5.71. The number of amides is 2. The number of fused-ring (bicyclic) bond motifs is 3.